The Hall–Kier alpha value is -1.41. The zero-order valence-corrected chi connectivity index (χ0v) is 16.7. The Balaban J connectivity index is 1.68. The van der Waals surface area contributed by atoms with Crippen LogP contribution in [0.25, 0.3) is 0 Å². The maximum atomic E-state index is 12.5. The quantitative estimate of drug-likeness (QED) is 0.703. The monoisotopic (exact) mass is 413 g/mol. The van der Waals surface area contributed by atoms with Gasteiger partial charge in [-0.25, -0.2) is 8.42 Å². The summed E-state index contributed by atoms with van der Waals surface area (Å²) in [6, 6.07) is 8.69. The topological polar surface area (TPSA) is 72.5 Å². The van der Waals surface area contributed by atoms with Gasteiger partial charge in [-0.3, -0.25) is 4.79 Å². The lowest BCUT2D eigenvalue weighted by Crippen LogP contribution is -2.26. The van der Waals surface area contributed by atoms with E-state index in [4.69, 9.17) is 16.3 Å². The second kappa shape index (κ2) is 8.08. The molecule has 0 bridgehead atoms. The maximum absolute atomic E-state index is 12.5. The fourth-order valence-electron chi connectivity index (χ4n) is 3.07. The molecule has 1 N–H and O–H groups in total. The first-order valence-electron chi connectivity index (χ1n) is 8.31. The van der Waals surface area contributed by atoms with Crippen molar-refractivity contribution in [3.8, 4) is 0 Å². The molecule has 1 heterocycles. The van der Waals surface area contributed by atoms with Gasteiger partial charge in [0.25, 0.3) is 5.91 Å². The molecule has 1 unspecified atom stereocenters. The standard InChI is InChI=1S/C18H20ClNO4S2/c1-24-9-2-10-26(22,23)17-8-7-16(25-17)18(21)20-15-6-3-12-11-13(19)4-5-14(12)15/h4-5,7-8,11,15H,2-3,6,9-10H2,1H3,(H,20,21). The molecular formula is C18H20ClNO4S2. The maximum Gasteiger partial charge on any atom is 0.261 e. The largest absolute Gasteiger partial charge is 0.385 e. The highest BCUT2D eigenvalue weighted by Crippen LogP contribution is 2.33. The van der Waals surface area contributed by atoms with Crippen LogP contribution < -0.4 is 5.32 Å². The minimum atomic E-state index is -3.38. The number of carbonyl (C=O) groups excluding carboxylic acids is 1. The molecule has 140 valence electrons. The van der Waals surface area contributed by atoms with Crippen molar-refractivity contribution in [1.29, 1.82) is 0 Å². The second-order valence-electron chi connectivity index (χ2n) is 6.19. The van der Waals surface area contributed by atoms with E-state index in [0.717, 1.165) is 35.3 Å². The Kier molecular flexibility index (Phi) is 6.02. The van der Waals surface area contributed by atoms with Crippen LogP contribution in [0.1, 0.15) is 39.7 Å². The first kappa shape index (κ1) is 19.4. The molecule has 0 radical (unpaired) electrons. The average molecular weight is 414 g/mol. The van der Waals surface area contributed by atoms with Crippen molar-refractivity contribution in [3.63, 3.8) is 0 Å². The van der Waals surface area contributed by atoms with Crippen molar-refractivity contribution in [2.24, 2.45) is 0 Å². The zero-order valence-electron chi connectivity index (χ0n) is 14.3. The fraction of sp³-hybridized carbons (Fsp3) is 0.389. The summed E-state index contributed by atoms with van der Waals surface area (Å²) < 4.78 is 29.7. The summed E-state index contributed by atoms with van der Waals surface area (Å²) in [5.41, 5.74) is 2.22. The van der Waals surface area contributed by atoms with E-state index in [1.807, 2.05) is 18.2 Å². The lowest BCUT2D eigenvalue weighted by molar-refractivity contribution is 0.0941. The van der Waals surface area contributed by atoms with Crippen molar-refractivity contribution in [2.45, 2.75) is 29.5 Å². The SMILES string of the molecule is COCCCS(=O)(=O)c1ccc(C(=O)NC2CCc3cc(Cl)ccc32)s1. The van der Waals surface area contributed by atoms with Gasteiger partial charge in [0.1, 0.15) is 4.21 Å². The minimum absolute atomic E-state index is 0.0131. The van der Waals surface area contributed by atoms with Gasteiger partial charge in [-0.1, -0.05) is 17.7 Å². The van der Waals surface area contributed by atoms with Crippen molar-refractivity contribution < 1.29 is 17.9 Å². The van der Waals surface area contributed by atoms with E-state index < -0.39 is 9.84 Å². The van der Waals surface area contributed by atoms with Crippen molar-refractivity contribution in [2.75, 3.05) is 19.5 Å². The molecule has 0 saturated heterocycles. The molecule has 0 saturated carbocycles. The molecule has 1 amide bonds. The van der Waals surface area contributed by atoms with E-state index in [-0.39, 0.29) is 21.9 Å². The fourth-order valence-corrected chi connectivity index (χ4v) is 5.91. The molecular weight excluding hydrogens is 394 g/mol. The molecule has 8 heteroatoms. The van der Waals surface area contributed by atoms with Crippen molar-refractivity contribution >= 4 is 38.7 Å². The summed E-state index contributed by atoms with van der Waals surface area (Å²) in [5, 5.41) is 3.69. The molecule has 1 aromatic carbocycles. The van der Waals surface area contributed by atoms with Crippen LogP contribution in [0.5, 0.6) is 0 Å². The minimum Gasteiger partial charge on any atom is -0.385 e. The van der Waals surface area contributed by atoms with E-state index in [0.29, 0.717) is 22.9 Å². The van der Waals surface area contributed by atoms with Crippen LogP contribution >= 0.6 is 22.9 Å². The molecule has 5 nitrogen and oxygen atoms in total. The summed E-state index contributed by atoms with van der Waals surface area (Å²) in [7, 11) is -1.84. The Bertz CT molecular complexity index is 908. The van der Waals surface area contributed by atoms with E-state index in [9.17, 15) is 13.2 Å². The summed E-state index contributed by atoms with van der Waals surface area (Å²) >= 11 is 7.02. The number of halogens is 1. The highest BCUT2D eigenvalue weighted by molar-refractivity contribution is 7.93. The van der Waals surface area contributed by atoms with Gasteiger partial charge < -0.3 is 10.1 Å². The highest BCUT2D eigenvalue weighted by atomic mass is 35.5. The third kappa shape index (κ3) is 4.28. The third-order valence-corrected chi connectivity index (χ3v) is 8.06. The molecule has 1 atom stereocenters. The molecule has 1 aliphatic rings. The molecule has 1 aliphatic carbocycles. The van der Waals surface area contributed by atoms with Crippen LogP contribution in [0, 0.1) is 0 Å². The van der Waals surface area contributed by atoms with E-state index in [2.05, 4.69) is 5.32 Å². The number of hydrogen-bond acceptors (Lipinski definition) is 5. The van der Waals surface area contributed by atoms with Crippen LogP contribution in [0.4, 0.5) is 0 Å². The molecule has 0 spiro atoms. The van der Waals surface area contributed by atoms with E-state index in [1.165, 1.54) is 13.2 Å². The van der Waals surface area contributed by atoms with E-state index in [1.54, 1.807) is 6.07 Å². The summed E-state index contributed by atoms with van der Waals surface area (Å²) in [6.45, 7) is 0.392. The van der Waals surface area contributed by atoms with Gasteiger partial charge >= 0.3 is 0 Å². The van der Waals surface area contributed by atoms with Gasteiger partial charge in [-0.05, 0) is 54.7 Å². The second-order valence-corrected chi connectivity index (χ2v) is 10.0. The number of sulfone groups is 1. The first-order valence-corrected chi connectivity index (χ1v) is 11.2. The number of fused-ring (bicyclic) bond motifs is 1. The number of methoxy groups -OCH3 is 1. The predicted molar refractivity (Wildman–Crippen MR) is 103 cm³/mol. The van der Waals surface area contributed by atoms with Crippen LogP contribution in [-0.2, 0) is 21.0 Å². The number of rotatable bonds is 7. The molecule has 26 heavy (non-hydrogen) atoms. The number of hydrogen-bond donors (Lipinski definition) is 1. The number of thiophene rings is 1. The number of aryl methyl sites for hydroxylation is 1. The Morgan fingerprint density at radius 2 is 2.15 bits per heavy atom. The normalized spacial score (nSPS) is 16.5. The summed E-state index contributed by atoms with van der Waals surface area (Å²) in [4.78, 5) is 12.9. The van der Waals surface area contributed by atoms with Crippen LogP contribution in [-0.4, -0.2) is 33.8 Å². The lowest BCUT2D eigenvalue weighted by Gasteiger charge is -2.13. The van der Waals surface area contributed by atoms with Gasteiger partial charge in [0.15, 0.2) is 9.84 Å². The van der Waals surface area contributed by atoms with Gasteiger partial charge in [0, 0.05) is 18.7 Å². The van der Waals surface area contributed by atoms with Crippen LogP contribution in [0.2, 0.25) is 5.02 Å². The Morgan fingerprint density at radius 1 is 1.35 bits per heavy atom. The average Bonchev–Trinajstić information content (AvgIpc) is 3.23. The first-order chi connectivity index (χ1) is 12.4. The van der Waals surface area contributed by atoms with Crippen molar-refractivity contribution in [1.82, 2.24) is 5.32 Å². The summed E-state index contributed by atoms with van der Waals surface area (Å²) in [5.74, 6) is -0.236. The predicted octanol–water partition coefficient (Wildman–Crippen LogP) is 3.63. The van der Waals surface area contributed by atoms with Gasteiger partial charge in [0.2, 0.25) is 0 Å². The molecule has 2 aromatic rings. The van der Waals surface area contributed by atoms with Crippen LogP contribution in [0.3, 0.4) is 0 Å². The summed E-state index contributed by atoms with van der Waals surface area (Å²) in [6.07, 6.45) is 2.11. The number of nitrogens with one attached hydrogen (secondary N) is 1. The Labute approximate surface area is 162 Å². The Morgan fingerprint density at radius 3 is 2.92 bits per heavy atom. The molecule has 3 rings (SSSR count). The number of carbonyl (C=O) groups is 1. The van der Waals surface area contributed by atoms with Crippen LogP contribution in [0.15, 0.2) is 34.5 Å². The van der Waals surface area contributed by atoms with E-state index >= 15 is 0 Å². The molecule has 1 aromatic heterocycles. The van der Waals surface area contributed by atoms with Gasteiger partial charge in [0.05, 0.1) is 16.7 Å². The smallest absolute Gasteiger partial charge is 0.261 e. The van der Waals surface area contributed by atoms with Crippen molar-refractivity contribution in [3.05, 3.63) is 51.4 Å². The van der Waals surface area contributed by atoms with Gasteiger partial charge in [-0.2, -0.15) is 0 Å². The van der Waals surface area contributed by atoms with Gasteiger partial charge in [-0.15, -0.1) is 11.3 Å². The number of ether oxygens (including phenoxy) is 1. The molecule has 0 aliphatic heterocycles. The zero-order chi connectivity index (χ0) is 18.7. The molecule has 0 fully saturated rings. The third-order valence-electron chi connectivity index (χ3n) is 4.36. The number of amides is 1. The number of benzene rings is 1. The highest BCUT2D eigenvalue weighted by Gasteiger charge is 2.26. The lowest BCUT2D eigenvalue weighted by atomic mass is 10.1.